The zero-order chi connectivity index (χ0) is 4.50. The van der Waals surface area contributed by atoms with Crippen molar-refractivity contribution in [1.82, 2.24) is 0 Å². The van der Waals surface area contributed by atoms with Gasteiger partial charge in [0.25, 0.3) is 0 Å². The normalized spacial score (nSPS) is 8.29. The summed E-state index contributed by atoms with van der Waals surface area (Å²) in [6.07, 6.45) is 0. The van der Waals surface area contributed by atoms with E-state index in [-0.39, 0.29) is 58.7 Å². The molecule has 0 aromatic rings. The van der Waals surface area contributed by atoms with Gasteiger partial charge >= 0.3 is 40.0 Å². The van der Waals surface area contributed by atoms with Gasteiger partial charge in [-0.3, -0.25) is 9.11 Å². The average molecular weight is 323 g/mol. The minimum atomic E-state index is -4.67. The maximum absolute atomic E-state index is 8.74. The number of hydrogen-bond acceptors (Lipinski definition) is 2. The van der Waals surface area contributed by atoms with E-state index in [9.17, 15) is 0 Å². The Morgan fingerprint density at radius 2 is 1.29 bits per heavy atom. The van der Waals surface area contributed by atoms with Crippen LogP contribution in [0.4, 0.5) is 0 Å². The summed E-state index contributed by atoms with van der Waals surface area (Å²) in [5.41, 5.74) is 0. The Balaban J connectivity index is -0.0000000267. The monoisotopic (exact) mass is 324 g/mol. The van der Waals surface area contributed by atoms with Gasteiger partial charge in [-0.1, -0.05) is 0 Å². The quantitative estimate of drug-likeness (QED) is 0.358. The van der Waals surface area contributed by atoms with Gasteiger partial charge in [0.1, 0.15) is 0 Å². The second-order valence-electron chi connectivity index (χ2n) is 0.448. The average Bonchev–Trinajstić information content (AvgIpc) is 0.722. The summed E-state index contributed by atoms with van der Waals surface area (Å²) in [7, 11) is -4.67. The van der Waals surface area contributed by atoms with Crippen molar-refractivity contribution >= 4 is 10.4 Å². The van der Waals surface area contributed by atoms with Gasteiger partial charge in [0.15, 0.2) is 0 Å². The summed E-state index contributed by atoms with van der Waals surface area (Å²) in [5.74, 6) is 0. The molecule has 36 valence electrons. The van der Waals surface area contributed by atoms with Gasteiger partial charge in [0.05, 0.1) is 0 Å². The first-order chi connectivity index (χ1) is 2.00. The predicted molar refractivity (Wildman–Crippen MR) is 15.3 cm³/mol. The molecule has 0 spiro atoms. The Morgan fingerprint density at radius 1 is 1.29 bits per heavy atom. The summed E-state index contributed by atoms with van der Waals surface area (Å²) in [6, 6.07) is 0. The maximum atomic E-state index is 8.74. The molecule has 0 saturated carbocycles. The second kappa shape index (κ2) is 5.93. The topological polar surface area (TPSA) is 74.6 Å². The van der Waals surface area contributed by atoms with E-state index in [1.807, 2.05) is 0 Å². The van der Waals surface area contributed by atoms with Crippen LogP contribution in [-0.4, -0.2) is 17.5 Å². The second-order valence-corrected chi connectivity index (χ2v) is 1.34. The molecule has 0 atom stereocenters. The van der Waals surface area contributed by atoms with Crippen LogP contribution in [0.1, 0.15) is 1.43 Å². The van der Waals surface area contributed by atoms with E-state index in [2.05, 4.69) is 0 Å². The van der Waals surface area contributed by atoms with Crippen molar-refractivity contribution in [2.75, 3.05) is 0 Å². The van der Waals surface area contributed by atoms with Crippen LogP contribution in [0.2, 0.25) is 0 Å². The van der Waals surface area contributed by atoms with Crippen LogP contribution < -0.4 is 29.6 Å². The van der Waals surface area contributed by atoms with Crippen molar-refractivity contribution in [1.29, 1.82) is 0 Å². The first-order valence-electron chi connectivity index (χ1n) is 0.698. The Kier molecular flexibility index (Phi) is 13.5. The van der Waals surface area contributed by atoms with Gasteiger partial charge < -0.3 is 1.43 Å². The molecule has 0 rings (SSSR count). The predicted octanol–water partition coefficient (Wildman–Crippen LogP) is -3.54. The summed E-state index contributed by atoms with van der Waals surface area (Å²) < 4.78 is 31.6. The largest absolute Gasteiger partial charge is 1.00 e. The Labute approximate surface area is 85.5 Å². The number of rotatable bonds is 0. The van der Waals surface area contributed by atoms with Crippen LogP contribution in [0.5, 0.6) is 0 Å². The van der Waals surface area contributed by atoms with E-state index >= 15 is 0 Å². The van der Waals surface area contributed by atoms with Gasteiger partial charge in [0.2, 0.25) is 0 Å². The molecule has 0 bridgehead atoms. The molecule has 0 aromatic heterocycles. The molecular weight excluding hydrogens is 320 g/mol. The number of hydrogen-bond donors (Lipinski definition) is 2. The smallest absolute Gasteiger partial charge is 1.00 e. The molecular formula is H3HgNaO4S. The molecule has 0 aliphatic rings. The van der Waals surface area contributed by atoms with Gasteiger partial charge in [-0.05, 0) is 0 Å². The van der Waals surface area contributed by atoms with Crippen LogP contribution in [0.3, 0.4) is 0 Å². The SMILES string of the molecule is O=S(=O)(O)O.[H-].[Hg].[Na+]. The molecule has 0 aromatic carbocycles. The van der Waals surface area contributed by atoms with Crippen LogP contribution >= 0.6 is 0 Å². The molecule has 0 aliphatic carbocycles. The molecule has 0 unspecified atom stereocenters. The summed E-state index contributed by atoms with van der Waals surface area (Å²) >= 11 is 0. The third-order valence-corrected chi connectivity index (χ3v) is 0. The maximum Gasteiger partial charge on any atom is 1.00 e. The minimum Gasteiger partial charge on any atom is -1.00 e. The van der Waals surface area contributed by atoms with Crippen molar-refractivity contribution in [2.24, 2.45) is 0 Å². The Hall–Kier alpha value is 1.81. The molecule has 4 nitrogen and oxygen atoms in total. The Bertz CT molecular complexity index is 99.2. The third-order valence-electron chi connectivity index (χ3n) is 0. The molecule has 7 heteroatoms. The fraction of sp³-hybridized carbons (Fsp3) is 0. The molecule has 0 saturated heterocycles. The standard InChI is InChI=1S/Hg.Na.H2O4S.H/c;;1-5(2,3)4;/h;;(H2,1,2,3,4);/q;+1;;-1. The molecule has 7 heavy (non-hydrogen) atoms. The van der Waals surface area contributed by atoms with Crippen LogP contribution in [0, 0.1) is 0 Å². The molecule has 2 N–H and O–H groups in total. The van der Waals surface area contributed by atoms with E-state index < -0.39 is 10.4 Å². The van der Waals surface area contributed by atoms with E-state index in [4.69, 9.17) is 17.5 Å². The molecule has 0 amide bonds. The molecule has 0 heterocycles. The van der Waals surface area contributed by atoms with Gasteiger partial charge in [0, 0.05) is 27.7 Å². The van der Waals surface area contributed by atoms with Gasteiger partial charge in [-0.15, -0.1) is 0 Å². The van der Waals surface area contributed by atoms with Crippen molar-refractivity contribution in [3.05, 3.63) is 0 Å². The van der Waals surface area contributed by atoms with Crippen molar-refractivity contribution < 1.29 is 76.2 Å². The van der Waals surface area contributed by atoms with Crippen molar-refractivity contribution in [3.63, 3.8) is 0 Å². The van der Waals surface area contributed by atoms with E-state index in [0.29, 0.717) is 0 Å². The summed E-state index contributed by atoms with van der Waals surface area (Å²) in [5, 5.41) is 0. The van der Waals surface area contributed by atoms with Crippen molar-refractivity contribution in [2.45, 2.75) is 0 Å². The third kappa shape index (κ3) is 80.7. The fourth-order valence-corrected chi connectivity index (χ4v) is 0. The van der Waals surface area contributed by atoms with Crippen LogP contribution in [0.25, 0.3) is 0 Å². The van der Waals surface area contributed by atoms with E-state index in [0.717, 1.165) is 0 Å². The zero-order valence-corrected chi connectivity index (χ0v) is 12.1. The van der Waals surface area contributed by atoms with E-state index in [1.54, 1.807) is 0 Å². The van der Waals surface area contributed by atoms with Crippen LogP contribution in [-0.2, 0) is 38.1 Å². The van der Waals surface area contributed by atoms with E-state index in [1.165, 1.54) is 0 Å². The molecule has 0 aliphatic heterocycles. The van der Waals surface area contributed by atoms with Crippen LogP contribution in [0.15, 0.2) is 0 Å². The summed E-state index contributed by atoms with van der Waals surface area (Å²) in [6.45, 7) is 0. The van der Waals surface area contributed by atoms with Crippen molar-refractivity contribution in [3.8, 4) is 0 Å². The molecule has 0 fully saturated rings. The first-order valence-corrected chi connectivity index (χ1v) is 2.10. The Morgan fingerprint density at radius 3 is 1.29 bits per heavy atom. The zero-order valence-electron chi connectivity index (χ0n) is 4.83. The molecule has 0 radical (unpaired) electrons. The first kappa shape index (κ1) is 15.9. The van der Waals surface area contributed by atoms with Gasteiger partial charge in [-0.25, -0.2) is 0 Å². The summed E-state index contributed by atoms with van der Waals surface area (Å²) in [4.78, 5) is 0. The minimum absolute atomic E-state index is 0. The fourth-order valence-electron chi connectivity index (χ4n) is 0. The van der Waals surface area contributed by atoms with Gasteiger partial charge in [-0.2, -0.15) is 8.42 Å².